The van der Waals surface area contributed by atoms with Crippen LogP contribution in [0.25, 0.3) is 0 Å². The van der Waals surface area contributed by atoms with E-state index in [0.29, 0.717) is 6.54 Å². The minimum atomic E-state index is 0.227. The Hall–Kier alpha value is -1.01. The molecule has 1 N–H and O–H groups in total. The predicted octanol–water partition coefficient (Wildman–Crippen LogP) is -0.586. The highest BCUT2D eigenvalue weighted by Crippen LogP contribution is 1.97. The predicted molar refractivity (Wildman–Crippen MR) is 51.5 cm³/mol. The summed E-state index contributed by atoms with van der Waals surface area (Å²) in [7, 11) is 1.75. The molecule has 6 heteroatoms. The van der Waals surface area contributed by atoms with Crippen LogP contribution in [0.2, 0.25) is 0 Å². The second kappa shape index (κ2) is 5.66. The third-order valence-corrected chi connectivity index (χ3v) is 1.99. The molecule has 0 aliphatic carbocycles. The molecule has 1 rings (SSSR count). The molecule has 0 radical (unpaired) electrons. The van der Waals surface area contributed by atoms with E-state index in [1.54, 1.807) is 7.05 Å². The van der Waals surface area contributed by atoms with Gasteiger partial charge in [0.05, 0.1) is 13.6 Å². The number of aliphatic hydroxyl groups excluding tert-OH is 1. The van der Waals surface area contributed by atoms with E-state index in [0.717, 1.165) is 25.3 Å². The number of rotatable bonds is 6. The van der Waals surface area contributed by atoms with E-state index in [-0.39, 0.29) is 6.61 Å². The zero-order valence-corrected chi connectivity index (χ0v) is 8.72. The molecule has 6 nitrogen and oxygen atoms in total. The van der Waals surface area contributed by atoms with Crippen molar-refractivity contribution in [2.75, 3.05) is 19.7 Å². The van der Waals surface area contributed by atoms with Gasteiger partial charge in [-0.1, -0.05) is 6.92 Å². The van der Waals surface area contributed by atoms with Gasteiger partial charge in [-0.05, 0) is 18.2 Å². The highest BCUT2D eigenvalue weighted by Gasteiger charge is 2.06. The molecule has 0 saturated carbocycles. The van der Waals surface area contributed by atoms with E-state index in [1.807, 2.05) is 0 Å². The van der Waals surface area contributed by atoms with Crippen molar-refractivity contribution in [3.05, 3.63) is 5.82 Å². The van der Waals surface area contributed by atoms with Crippen molar-refractivity contribution in [1.82, 2.24) is 25.1 Å². The minimum Gasteiger partial charge on any atom is -0.396 e. The Balaban J connectivity index is 2.40. The van der Waals surface area contributed by atoms with Gasteiger partial charge in [-0.2, -0.15) is 4.80 Å². The number of aliphatic hydroxyl groups is 1. The maximum absolute atomic E-state index is 8.71. The molecule has 0 aliphatic heterocycles. The lowest BCUT2D eigenvalue weighted by molar-refractivity contribution is 0.222. The van der Waals surface area contributed by atoms with Gasteiger partial charge in [-0.3, -0.25) is 4.90 Å². The third kappa shape index (κ3) is 3.39. The van der Waals surface area contributed by atoms with E-state index in [1.165, 1.54) is 4.80 Å². The SMILES string of the molecule is CCN(CCCO)Cc1nnn(C)n1. The summed E-state index contributed by atoms with van der Waals surface area (Å²) >= 11 is 0. The topological polar surface area (TPSA) is 67.1 Å². The summed E-state index contributed by atoms with van der Waals surface area (Å²) in [5.41, 5.74) is 0. The fourth-order valence-corrected chi connectivity index (χ4v) is 1.23. The van der Waals surface area contributed by atoms with Crippen LogP contribution in [-0.4, -0.2) is 49.9 Å². The monoisotopic (exact) mass is 199 g/mol. The van der Waals surface area contributed by atoms with Crippen LogP contribution in [0.1, 0.15) is 19.2 Å². The summed E-state index contributed by atoms with van der Waals surface area (Å²) in [5, 5.41) is 20.5. The molecule has 0 bridgehead atoms. The average Bonchev–Trinajstić information content (AvgIpc) is 2.58. The van der Waals surface area contributed by atoms with E-state index >= 15 is 0 Å². The highest BCUT2D eigenvalue weighted by atomic mass is 16.3. The Morgan fingerprint density at radius 1 is 1.50 bits per heavy atom. The van der Waals surface area contributed by atoms with Crippen molar-refractivity contribution in [1.29, 1.82) is 0 Å². The second-order valence-electron chi connectivity index (χ2n) is 3.14. The van der Waals surface area contributed by atoms with Crippen LogP contribution in [0.15, 0.2) is 0 Å². The molecule has 14 heavy (non-hydrogen) atoms. The number of aryl methyl sites for hydroxylation is 1. The van der Waals surface area contributed by atoms with Crippen LogP contribution in [0.3, 0.4) is 0 Å². The first-order chi connectivity index (χ1) is 6.76. The first-order valence-corrected chi connectivity index (χ1v) is 4.82. The average molecular weight is 199 g/mol. The first kappa shape index (κ1) is 11.1. The molecule has 0 amide bonds. The van der Waals surface area contributed by atoms with Crippen LogP contribution in [-0.2, 0) is 13.6 Å². The maximum Gasteiger partial charge on any atom is 0.188 e. The van der Waals surface area contributed by atoms with E-state index in [2.05, 4.69) is 27.2 Å². The van der Waals surface area contributed by atoms with Gasteiger partial charge in [-0.15, -0.1) is 10.2 Å². The summed E-state index contributed by atoms with van der Waals surface area (Å²) in [5.74, 6) is 0.729. The summed E-state index contributed by atoms with van der Waals surface area (Å²) in [6.07, 6.45) is 0.786. The number of hydrogen-bond acceptors (Lipinski definition) is 5. The minimum absolute atomic E-state index is 0.227. The number of nitrogens with zero attached hydrogens (tertiary/aromatic N) is 5. The smallest absolute Gasteiger partial charge is 0.188 e. The van der Waals surface area contributed by atoms with Gasteiger partial charge in [0.2, 0.25) is 0 Å². The molecule has 0 atom stereocenters. The molecule has 0 fully saturated rings. The van der Waals surface area contributed by atoms with Crippen LogP contribution in [0, 0.1) is 0 Å². The molecule has 0 spiro atoms. The van der Waals surface area contributed by atoms with Gasteiger partial charge in [0.25, 0.3) is 0 Å². The summed E-state index contributed by atoms with van der Waals surface area (Å²) in [6, 6.07) is 0. The summed E-state index contributed by atoms with van der Waals surface area (Å²) < 4.78 is 0. The van der Waals surface area contributed by atoms with E-state index in [9.17, 15) is 0 Å². The van der Waals surface area contributed by atoms with Crippen molar-refractivity contribution in [3.63, 3.8) is 0 Å². The number of hydrogen-bond donors (Lipinski definition) is 1. The molecule has 0 aliphatic rings. The Kier molecular flexibility index (Phi) is 4.48. The lowest BCUT2D eigenvalue weighted by atomic mass is 10.4. The molecule has 1 aromatic rings. The normalized spacial score (nSPS) is 11.1. The molecule has 80 valence electrons. The van der Waals surface area contributed by atoms with Crippen LogP contribution >= 0.6 is 0 Å². The largest absolute Gasteiger partial charge is 0.396 e. The fraction of sp³-hybridized carbons (Fsp3) is 0.875. The van der Waals surface area contributed by atoms with Gasteiger partial charge >= 0.3 is 0 Å². The second-order valence-corrected chi connectivity index (χ2v) is 3.14. The Bertz CT molecular complexity index is 262. The number of tetrazole rings is 1. The standard InChI is InChI=1S/C8H17N5O/c1-3-13(5-4-6-14)7-8-9-11-12(2)10-8/h14H,3-7H2,1-2H3. The highest BCUT2D eigenvalue weighted by molar-refractivity contribution is 4.76. The van der Waals surface area contributed by atoms with Crippen molar-refractivity contribution in [2.45, 2.75) is 19.9 Å². The molecule has 1 heterocycles. The molecule has 0 unspecified atom stereocenters. The van der Waals surface area contributed by atoms with Crippen LogP contribution in [0.5, 0.6) is 0 Å². The van der Waals surface area contributed by atoms with Gasteiger partial charge < -0.3 is 5.11 Å². The first-order valence-electron chi connectivity index (χ1n) is 4.82. The Morgan fingerprint density at radius 3 is 2.79 bits per heavy atom. The van der Waals surface area contributed by atoms with Gasteiger partial charge in [0.1, 0.15) is 0 Å². The maximum atomic E-state index is 8.71. The van der Waals surface area contributed by atoms with Gasteiger partial charge in [-0.25, -0.2) is 0 Å². The molecular weight excluding hydrogens is 182 g/mol. The Morgan fingerprint density at radius 2 is 2.29 bits per heavy atom. The zero-order valence-electron chi connectivity index (χ0n) is 8.72. The van der Waals surface area contributed by atoms with Crippen molar-refractivity contribution in [3.8, 4) is 0 Å². The van der Waals surface area contributed by atoms with E-state index < -0.39 is 0 Å². The van der Waals surface area contributed by atoms with Crippen LogP contribution in [0.4, 0.5) is 0 Å². The molecular formula is C8H17N5O. The number of aromatic nitrogens is 4. The van der Waals surface area contributed by atoms with Crippen molar-refractivity contribution < 1.29 is 5.11 Å². The zero-order chi connectivity index (χ0) is 10.4. The fourth-order valence-electron chi connectivity index (χ4n) is 1.23. The molecule has 0 aromatic carbocycles. The van der Waals surface area contributed by atoms with Gasteiger partial charge in [0, 0.05) is 13.2 Å². The van der Waals surface area contributed by atoms with Crippen molar-refractivity contribution in [2.24, 2.45) is 7.05 Å². The molecule has 1 aromatic heterocycles. The summed E-state index contributed by atoms with van der Waals surface area (Å²) in [4.78, 5) is 3.63. The van der Waals surface area contributed by atoms with Crippen molar-refractivity contribution >= 4 is 0 Å². The lowest BCUT2D eigenvalue weighted by Gasteiger charge is -2.17. The summed E-state index contributed by atoms with van der Waals surface area (Å²) in [6.45, 7) is 4.80. The van der Waals surface area contributed by atoms with Gasteiger partial charge in [0.15, 0.2) is 5.82 Å². The van der Waals surface area contributed by atoms with Crippen LogP contribution < -0.4 is 0 Å². The Labute approximate surface area is 83.5 Å². The van der Waals surface area contributed by atoms with E-state index in [4.69, 9.17) is 5.11 Å². The quantitative estimate of drug-likeness (QED) is 0.663. The third-order valence-electron chi connectivity index (χ3n) is 1.99. The lowest BCUT2D eigenvalue weighted by Crippen LogP contribution is -2.25. The molecule has 0 saturated heterocycles.